The number of rotatable bonds is 8. The number of halogens is 3. The van der Waals surface area contributed by atoms with E-state index in [1.165, 1.54) is 6.21 Å². The molecular weight excluding hydrogens is 606 g/mol. The summed E-state index contributed by atoms with van der Waals surface area (Å²) in [5, 5.41) is 6.72. The lowest BCUT2D eigenvalue weighted by atomic mass is 10.2. The molecule has 9 heteroatoms. The molecule has 0 heterocycles. The second-order valence-corrected chi connectivity index (χ2v) is 9.19. The highest BCUT2D eigenvalue weighted by atomic mass is 79.9. The van der Waals surface area contributed by atoms with E-state index in [1.807, 2.05) is 55.5 Å². The van der Waals surface area contributed by atoms with E-state index in [0.717, 1.165) is 24.5 Å². The standard InChI is InChI=1S/C23H20Br3N3O3/c1-2-31-21-11-16(13-27-29-23(30)28-19-9-7-18(25)8-10-19)20(26)12-22(21)32-14-15-3-5-17(24)6-4-15/h3-13H,2,14H2,1H3,(H2,28,29,30)/b27-13-. The maximum atomic E-state index is 12.0. The van der Waals surface area contributed by atoms with Crippen LogP contribution < -0.4 is 20.2 Å². The van der Waals surface area contributed by atoms with Crippen LogP contribution in [0.5, 0.6) is 11.5 Å². The molecular formula is C23H20Br3N3O3. The van der Waals surface area contributed by atoms with Gasteiger partial charge in [0.2, 0.25) is 0 Å². The van der Waals surface area contributed by atoms with Crippen molar-refractivity contribution in [3.8, 4) is 11.5 Å². The van der Waals surface area contributed by atoms with Gasteiger partial charge >= 0.3 is 6.03 Å². The van der Waals surface area contributed by atoms with Crippen molar-refractivity contribution >= 4 is 65.7 Å². The number of carbonyl (C=O) groups excluding carboxylic acids is 1. The highest BCUT2D eigenvalue weighted by molar-refractivity contribution is 9.11. The SMILES string of the molecule is CCOc1cc(/C=N\NC(=O)Nc2ccc(Br)cc2)c(Br)cc1OCc1ccc(Br)cc1. The molecule has 0 radical (unpaired) electrons. The van der Waals surface area contributed by atoms with Gasteiger partial charge < -0.3 is 14.8 Å². The summed E-state index contributed by atoms with van der Waals surface area (Å²) in [6.45, 7) is 2.80. The highest BCUT2D eigenvalue weighted by Crippen LogP contribution is 2.34. The summed E-state index contributed by atoms with van der Waals surface area (Å²) >= 11 is 10.3. The average molecular weight is 626 g/mol. The number of amides is 2. The van der Waals surface area contributed by atoms with Crippen LogP contribution in [0, 0.1) is 0 Å². The number of nitrogens with zero attached hydrogens (tertiary/aromatic N) is 1. The smallest absolute Gasteiger partial charge is 0.339 e. The largest absolute Gasteiger partial charge is 0.490 e. The zero-order valence-electron chi connectivity index (χ0n) is 17.1. The Morgan fingerprint density at radius 2 is 1.56 bits per heavy atom. The molecule has 32 heavy (non-hydrogen) atoms. The summed E-state index contributed by atoms with van der Waals surface area (Å²) < 4.78 is 14.4. The average Bonchev–Trinajstić information content (AvgIpc) is 2.77. The van der Waals surface area contributed by atoms with Gasteiger partial charge in [0.15, 0.2) is 11.5 Å². The van der Waals surface area contributed by atoms with Crippen LogP contribution in [0.4, 0.5) is 10.5 Å². The Morgan fingerprint density at radius 1 is 0.938 bits per heavy atom. The van der Waals surface area contributed by atoms with Crippen LogP contribution in [-0.2, 0) is 6.61 Å². The summed E-state index contributed by atoms with van der Waals surface area (Å²) in [6, 6.07) is 18.4. The van der Waals surface area contributed by atoms with Gasteiger partial charge in [0.1, 0.15) is 6.61 Å². The molecule has 2 N–H and O–H groups in total. The van der Waals surface area contributed by atoms with E-state index in [1.54, 1.807) is 12.1 Å². The number of urea groups is 1. The van der Waals surface area contributed by atoms with Crippen molar-refractivity contribution < 1.29 is 14.3 Å². The first kappa shape index (κ1) is 24.3. The van der Waals surface area contributed by atoms with Gasteiger partial charge in [-0.25, -0.2) is 10.2 Å². The quantitative estimate of drug-likeness (QED) is 0.207. The van der Waals surface area contributed by atoms with E-state index in [0.29, 0.717) is 30.4 Å². The fraction of sp³-hybridized carbons (Fsp3) is 0.130. The van der Waals surface area contributed by atoms with E-state index < -0.39 is 6.03 Å². The van der Waals surface area contributed by atoms with Gasteiger partial charge in [-0.15, -0.1) is 0 Å². The molecule has 166 valence electrons. The maximum Gasteiger partial charge on any atom is 0.339 e. The third-order valence-electron chi connectivity index (χ3n) is 4.14. The number of hydrogen-bond acceptors (Lipinski definition) is 4. The molecule has 3 aromatic rings. The summed E-state index contributed by atoms with van der Waals surface area (Å²) in [5.41, 5.74) is 4.88. The van der Waals surface area contributed by atoms with Gasteiger partial charge in [-0.05, 0) is 76.9 Å². The molecule has 0 atom stereocenters. The molecule has 0 bridgehead atoms. The van der Waals surface area contributed by atoms with Crippen molar-refractivity contribution in [3.05, 3.63) is 85.2 Å². The lowest BCUT2D eigenvalue weighted by Gasteiger charge is -2.14. The van der Waals surface area contributed by atoms with Gasteiger partial charge in [-0.3, -0.25) is 0 Å². The summed E-state index contributed by atoms with van der Waals surface area (Å²) in [5.74, 6) is 1.20. The van der Waals surface area contributed by atoms with Crippen LogP contribution >= 0.6 is 47.8 Å². The first-order chi connectivity index (χ1) is 15.4. The second kappa shape index (κ2) is 12.0. The Morgan fingerprint density at radius 3 is 2.22 bits per heavy atom. The first-order valence-corrected chi connectivity index (χ1v) is 12.0. The molecule has 0 unspecified atom stereocenters. The number of benzene rings is 3. The highest BCUT2D eigenvalue weighted by Gasteiger charge is 2.11. The minimum Gasteiger partial charge on any atom is -0.490 e. The predicted octanol–water partition coefficient (Wildman–Crippen LogP) is 7.11. The number of carbonyl (C=O) groups is 1. The fourth-order valence-corrected chi connectivity index (χ4v) is 3.58. The van der Waals surface area contributed by atoms with Crippen LogP contribution in [-0.4, -0.2) is 18.9 Å². The van der Waals surface area contributed by atoms with Crippen LogP contribution in [0.3, 0.4) is 0 Å². The molecule has 3 aromatic carbocycles. The molecule has 0 aliphatic heterocycles. The number of nitrogens with one attached hydrogen (secondary N) is 2. The zero-order chi connectivity index (χ0) is 22.9. The van der Waals surface area contributed by atoms with Crippen molar-refractivity contribution in [2.24, 2.45) is 5.10 Å². The predicted molar refractivity (Wildman–Crippen MR) is 138 cm³/mol. The monoisotopic (exact) mass is 623 g/mol. The van der Waals surface area contributed by atoms with E-state index >= 15 is 0 Å². The van der Waals surface area contributed by atoms with Gasteiger partial charge in [0.05, 0.1) is 12.8 Å². The van der Waals surface area contributed by atoms with Crippen molar-refractivity contribution in [1.82, 2.24) is 5.43 Å². The molecule has 0 aromatic heterocycles. The Hall–Kier alpha value is -2.36. The van der Waals surface area contributed by atoms with Gasteiger partial charge in [-0.2, -0.15) is 5.10 Å². The molecule has 3 rings (SSSR count). The molecule has 0 saturated heterocycles. The van der Waals surface area contributed by atoms with Crippen LogP contribution in [0.25, 0.3) is 0 Å². The minimum atomic E-state index is -0.445. The molecule has 0 aliphatic carbocycles. The molecule has 0 spiro atoms. The van der Waals surface area contributed by atoms with Crippen LogP contribution in [0.1, 0.15) is 18.1 Å². The molecule has 0 saturated carbocycles. The Bertz CT molecular complexity index is 1090. The first-order valence-electron chi connectivity index (χ1n) is 9.64. The van der Waals surface area contributed by atoms with E-state index in [2.05, 4.69) is 63.6 Å². The van der Waals surface area contributed by atoms with Crippen molar-refractivity contribution in [3.63, 3.8) is 0 Å². The van der Waals surface area contributed by atoms with Crippen molar-refractivity contribution in [1.29, 1.82) is 0 Å². The molecule has 6 nitrogen and oxygen atoms in total. The zero-order valence-corrected chi connectivity index (χ0v) is 21.8. The lowest BCUT2D eigenvalue weighted by molar-refractivity contribution is 0.252. The topological polar surface area (TPSA) is 72.0 Å². The molecule has 0 aliphatic rings. The fourth-order valence-electron chi connectivity index (χ4n) is 2.63. The van der Waals surface area contributed by atoms with E-state index in [4.69, 9.17) is 9.47 Å². The number of ether oxygens (including phenoxy) is 2. The van der Waals surface area contributed by atoms with Gasteiger partial charge in [0.25, 0.3) is 0 Å². The minimum absolute atomic E-state index is 0.408. The number of anilines is 1. The molecule has 0 fully saturated rings. The van der Waals surface area contributed by atoms with Crippen molar-refractivity contribution in [2.45, 2.75) is 13.5 Å². The second-order valence-electron chi connectivity index (χ2n) is 6.50. The van der Waals surface area contributed by atoms with E-state index in [-0.39, 0.29) is 0 Å². The lowest BCUT2D eigenvalue weighted by Crippen LogP contribution is -2.24. The Labute approximate surface area is 211 Å². The summed E-state index contributed by atoms with van der Waals surface area (Å²) in [4.78, 5) is 12.0. The van der Waals surface area contributed by atoms with Crippen LogP contribution in [0.2, 0.25) is 0 Å². The third kappa shape index (κ3) is 7.36. The summed E-state index contributed by atoms with van der Waals surface area (Å²) in [7, 11) is 0. The summed E-state index contributed by atoms with van der Waals surface area (Å²) in [6.07, 6.45) is 1.53. The van der Waals surface area contributed by atoms with E-state index in [9.17, 15) is 4.79 Å². The third-order valence-corrected chi connectivity index (χ3v) is 5.89. The maximum absolute atomic E-state index is 12.0. The number of hydrazone groups is 1. The molecule has 2 amide bonds. The van der Waals surface area contributed by atoms with Gasteiger partial charge in [0, 0.05) is 24.7 Å². The number of hydrogen-bond donors (Lipinski definition) is 2. The Balaban J connectivity index is 1.65. The normalized spacial score (nSPS) is 10.8. The van der Waals surface area contributed by atoms with Crippen molar-refractivity contribution in [2.75, 3.05) is 11.9 Å². The Kier molecular flexibility index (Phi) is 9.13. The van der Waals surface area contributed by atoms with Gasteiger partial charge in [-0.1, -0.05) is 44.0 Å². The van der Waals surface area contributed by atoms with Crippen LogP contribution in [0.15, 0.2) is 79.2 Å².